The molecule has 0 radical (unpaired) electrons. The van der Waals surface area contributed by atoms with Gasteiger partial charge in [-0.15, -0.1) is 0 Å². The van der Waals surface area contributed by atoms with Crippen LogP contribution in [0.15, 0.2) is 9.70 Å². The van der Waals surface area contributed by atoms with Crippen LogP contribution in [-0.2, 0) is 11.8 Å². The summed E-state index contributed by atoms with van der Waals surface area (Å²) in [5.74, 6) is 0.716. The molecular formula is C23H29N5O2S2. The summed E-state index contributed by atoms with van der Waals surface area (Å²) >= 11 is 6.89. The predicted octanol–water partition coefficient (Wildman–Crippen LogP) is 2.85. The molecule has 9 heteroatoms. The molecule has 3 aliphatic rings. The van der Waals surface area contributed by atoms with Gasteiger partial charge < -0.3 is 9.80 Å². The van der Waals surface area contributed by atoms with E-state index in [0.29, 0.717) is 14.8 Å². The molecular weight excluding hydrogens is 442 g/mol. The van der Waals surface area contributed by atoms with Gasteiger partial charge in [-0.3, -0.25) is 19.1 Å². The first-order valence-electron chi connectivity index (χ1n) is 11.2. The fourth-order valence-corrected chi connectivity index (χ4v) is 6.34. The molecule has 7 nitrogen and oxygen atoms in total. The number of thiocarbonyl (C=S) groups is 1. The quantitative estimate of drug-likeness (QED) is 0.494. The topological polar surface area (TPSA) is 72.6 Å². The normalized spacial score (nSPS) is 21.8. The molecule has 1 saturated carbocycles. The van der Waals surface area contributed by atoms with Crippen molar-refractivity contribution in [2.24, 2.45) is 7.05 Å². The lowest BCUT2D eigenvalue weighted by Crippen LogP contribution is -2.48. The Labute approximate surface area is 198 Å². The highest BCUT2D eigenvalue weighted by atomic mass is 32.2. The maximum absolute atomic E-state index is 13.3. The molecule has 1 aliphatic carbocycles. The molecule has 2 saturated heterocycles. The van der Waals surface area contributed by atoms with Crippen LogP contribution in [0.25, 0.3) is 6.08 Å². The zero-order valence-corrected chi connectivity index (χ0v) is 20.5. The Bertz CT molecular complexity index is 1070. The van der Waals surface area contributed by atoms with E-state index in [1.807, 2.05) is 6.08 Å². The van der Waals surface area contributed by atoms with E-state index >= 15 is 0 Å². The van der Waals surface area contributed by atoms with Gasteiger partial charge in [-0.05, 0) is 37.9 Å². The lowest BCUT2D eigenvalue weighted by Gasteiger charge is -2.37. The number of likely N-dealkylation sites (N-methyl/N-ethyl adjacent to an activating group) is 1. The van der Waals surface area contributed by atoms with Crippen LogP contribution < -0.4 is 10.5 Å². The molecule has 32 heavy (non-hydrogen) atoms. The second-order valence-corrected chi connectivity index (χ2v) is 10.3. The van der Waals surface area contributed by atoms with Gasteiger partial charge in [0.15, 0.2) is 0 Å². The third-order valence-corrected chi connectivity index (χ3v) is 8.21. The molecule has 0 aromatic carbocycles. The summed E-state index contributed by atoms with van der Waals surface area (Å²) in [7, 11) is 1.71. The van der Waals surface area contributed by atoms with E-state index in [4.69, 9.17) is 12.2 Å². The molecule has 0 unspecified atom stereocenters. The van der Waals surface area contributed by atoms with Crippen LogP contribution in [0.3, 0.4) is 0 Å². The van der Waals surface area contributed by atoms with Crippen LogP contribution in [0, 0.1) is 18.3 Å². The number of hydrogen-bond acceptors (Lipinski definition) is 7. The van der Waals surface area contributed by atoms with Crippen LogP contribution >= 0.6 is 24.0 Å². The van der Waals surface area contributed by atoms with E-state index in [0.717, 1.165) is 69.8 Å². The van der Waals surface area contributed by atoms with Gasteiger partial charge in [0.05, 0.1) is 4.91 Å². The fourth-order valence-electron chi connectivity index (χ4n) is 4.96. The number of carbonyl (C=O) groups excluding carboxylic acids is 1. The molecule has 3 fully saturated rings. The summed E-state index contributed by atoms with van der Waals surface area (Å²) in [5, 5.41) is 9.65. The molecule has 4 rings (SSSR count). The van der Waals surface area contributed by atoms with Gasteiger partial charge in [0.1, 0.15) is 21.8 Å². The standard InChI is InChI=1S/C23H29N5O2S2/c1-4-26-9-11-27(12-10-26)20-17(15(2)18(14-24)21(29)25(20)3)13-19-22(30)28(23(31)32-19)16-7-5-6-8-16/h13,16H,4-12H2,1-3H3/b19-13-. The molecule has 0 atom stereocenters. The van der Waals surface area contributed by atoms with Crippen LogP contribution in [0.2, 0.25) is 0 Å². The minimum absolute atomic E-state index is 0.0552. The SMILES string of the molecule is CCN1CCN(c2c(/C=C3\SC(=S)N(C4CCCC4)C3=O)c(C)c(C#N)c(=O)n2C)CC1. The van der Waals surface area contributed by atoms with Gasteiger partial charge in [0.25, 0.3) is 11.5 Å². The Morgan fingerprint density at radius 3 is 2.44 bits per heavy atom. The second kappa shape index (κ2) is 9.38. The zero-order chi connectivity index (χ0) is 23.0. The van der Waals surface area contributed by atoms with E-state index in [2.05, 4.69) is 22.8 Å². The van der Waals surface area contributed by atoms with E-state index in [1.54, 1.807) is 23.4 Å². The lowest BCUT2D eigenvalue weighted by atomic mass is 10.0. The number of anilines is 1. The van der Waals surface area contributed by atoms with Crippen molar-refractivity contribution in [1.29, 1.82) is 5.26 Å². The predicted molar refractivity (Wildman–Crippen MR) is 133 cm³/mol. The third kappa shape index (κ3) is 4.00. The highest BCUT2D eigenvalue weighted by Gasteiger charge is 2.38. The third-order valence-electron chi connectivity index (χ3n) is 6.88. The number of aromatic nitrogens is 1. The molecule has 0 N–H and O–H groups in total. The molecule has 0 spiro atoms. The van der Waals surface area contributed by atoms with Gasteiger partial charge in [-0.1, -0.05) is 43.7 Å². The number of rotatable bonds is 4. The number of carbonyl (C=O) groups is 1. The molecule has 1 aromatic rings. The Kier molecular flexibility index (Phi) is 6.75. The number of hydrogen-bond donors (Lipinski definition) is 0. The number of amides is 1. The summed E-state index contributed by atoms with van der Waals surface area (Å²) in [6.45, 7) is 8.34. The number of nitrogens with zero attached hydrogens (tertiary/aromatic N) is 5. The molecule has 1 aromatic heterocycles. The largest absolute Gasteiger partial charge is 0.355 e. The Balaban J connectivity index is 1.79. The Morgan fingerprint density at radius 2 is 1.84 bits per heavy atom. The first-order chi connectivity index (χ1) is 15.4. The van der Waals surface area contributed by atoms with Crippen molar-refractivity contribution in [1.82, 2.24) is 14.4 Å². The molecule has 1 amide bonds. The maximum atomic E-state index is 13.3. The van der Waals surface area contributed by atoms with Crippen molar-refractivity contribution in [2.45, 2.75) is 45.6 Å². The highest BCUT2D eigenvalue weighted by Crippen LogP contribution is 2.39. The van der Waals surface area contributed by atoms with E-state index in [1.165, 1.54) is 11.8 Å². The minimum atomic E-state index is -0.298. The number of thioether (sulfide) groups is 1. The average molecular weight is 472 g/mol. The smallest absolute Gasteiger partial charge is 0.270 e. The molecule has 2 aliphatic heterocycles. The summed E-state index contributed by atoms with van der Waals surface area (Å²) < 4.78 is 2.17. The van der Waals surface area contributed by atoms with Crippen LogP contribution in [0.4, 0.5) is 5.82 Å². The molecule has 170 valence electrons. The number of piperazine rings is 1. The fraction of sp³-hybridized carbons (Fsp3) is 0.565. The van der Waals surface area contributed by atoms with Crippen molar-refractivity contribution in [3.05, 3.63) is 31.9 Å². The highest BCUT2D eigenvalue weighted by molar-refractivity contribution is 8.26. The van der Waals surface area contributed by atoms with E-state index in [9.17, 15) is 14.9 Å². The van der Waals surface area contributed by atoms with Crippen molar-refractivity contribution >= 4 is 46.1 Å². The summed E-state index contributed by atoms with van der Waals surface area (Å²) in [6, 6.07) is 2.26. The van der Waals surface area contributed by atoms with Gasteiger partial charge in [-0.2, -0.15) is 5.26 Å². The van der Waals surface area contributed by atoms with E-state index in [-0.39, 0.29) is 23.1 Å². The second-order valence-electron chi connectivity index (χ2n) is 8.62. The van der Waals surface area contributed by atoms with Crippen LogP contribution in [-0.4, -0.2) is 63.4 Å². The Morgan fingerprint density at radius 1 is 1.19 bits per heavy atom. The van der Waals surface area contributed by atoms with Gasteiger partial charge in [0.2, 0.25) is 0 Å². The summed E-state index contributed by atoms with van der Waals surface area (Å²) in [6.07, 6.45) is 6.08. The molecule has 0 bridgehead atoms. The molecule has 3 heterocycles. The van der Waals surface area contributed by atoms with Gasteiger partial charge in [0, 0.05) is 44.8 Å². The lowest BCUT2D eigenvalue weighted by molar-refractivity contribution is -0.123. The van der Waals surface area contributed by atoms with Gasteiger partial charge in [-0.25, -0.2) is 0 Å². The number of nitriles is 1. The zero-order valence-electron chi connectivity index (χ0n) is 18.9. The van der Waals surface area contributed by atoms with Crippen LogP contribution in [0.5, 0.6) is 0 Å². The van der Waals surface area contributed by atoms with E-state index < -0.39 is 0 Å². The Hall–Kier alpha value is -2.15. The monoisotopic (exact) mass is 471 g/mol. The van der Waals surface area contributed by atoms with Gasteiger partial charge >= 0.3 is 0 Å². The van der Waals surface area contributed by atoms with Crippen LogP contribution in [0.1, 0.15) is 49.3 Å². The minimum Gasteiger partial charge on any atom is -0.355 e. The van der Waals surface area contributed by atoms with Crippen molar-refractivity contribution in [3.63, 3.8) is 0 Å². The summed E-state index contributed by atoms with van der Waals surface area (Å²) in [5.41, 5.74) is 1.21. The first-order valence-corrected chi connectivity index (χ1v) is 12.5. The first kappa shape index (κ1) is 23.0. The van der Waals surface area contributed by atoms with Crippen molar-refractivity contribution in [2.75, 3.05) is 37.6 Å². The van der Waals surface area contributed by atoms with Crippen molar-refractivity contribution in [3.8, 4) is 6.07 Å². The number of pyridine rings is 1. The maximum Gasteiger partial charge on any atom is 0.270 e. The average Bonchev–Trinajstić information content (AvgIpc) is 3.40. The van der Waals surface area contributed by atoms with Crippen molar-refractivity contribution < 1.29 is 4.79 Å². The summed E-state index contributed by atoms with van der Waals surface area (Å²) in [4.78, 5) is 33.1.